The van der Waals surface area contributed by atoms with Gasteiger partial charge in [0.15, 0.2) is 5.13 Å². The molecule has 3 N–H and O–H groups in total. The quantitative estimate of drug-likeness (QED) is 0.0961. The molecule has 0 radical (unpaired) electrons. The Hall–Kier alpha value is -5.13. The maximum absolute atomic E-state index is 13.6. The molecule has 5 aromatic rings. The number of benzene rings is 4. The summed E-state index contributed by atoms with van der Waals surface area (Å²) in [5.74, 6) is -0.0783. The Bertz CT molecular complexity index is 1860. The third-order valence-corrected chi connectivity index (χ3v) is 9.14. The van der Waals surface area contributed by atoms with Crippen LogP contribution in [0.25, 0.3) is 16.3 Å². The van der Waals surface area contributed by atoms with Crippen LogP contribution in [-0.2, 0) is 9.59 Å². The van der Waals surface area contributed by atoms with Gasteiger partial charge in [0.1, 0.15) is 17.2 Å². The minimum Gasteiger partial charge on any atom is -0.497 e. The third kappa shape index (κ3) is 8.12. The smallest absolute Gasteiger partial charge is 0.272 e. The third-order valence-electron chi connectivity index (χ3n) is 6.83. The number of thioether (sulfide) groups is 1. The molecule has 1 heterocycles. The van der Waals surface area contributed by atoms with Crippen LogP contribution in [0, 0.1) is 0 Å². The molecule has 9 nitrogen and oxygen atoms in total. The summed E-state index contributed by atoms with van der Waals surface area (Å²) in [7, 11) is 3.06. The Morgan fingerprint density at radius 1 is 0.891 bits per heavy atom. The number of carbonyl (C=O) groups is 3. The molecule has 234 valence electrons. The molecule has 46 heavy (non-hydrogen) atoms. The molecule has 4 aromatic carbocycles. The number of nitrogens with zero attached hydrogens (tertiary/aromatic N) is 1. The van der Waals surface area contributed by atoms with Crippen molar-refractivity contribution in [3.05, 3.63) is 114 Å². The fourth-order valence-electron chi connectivity index (χ4n) is 4.48. The number of amides is 3. The SMILES string of the molecule is CCC(Sc1cccc(NC(=O)/C(=C\c2ccc(OC)cc2OC)NC(=O)c2ccccc2)c1)C(=O)Nc1nc2ccccc2s1. The highest BCUT2D eigenvalue weighted by Crippen LogP contribution is 2.31. The Morgan fingerprint density at radius 3 is 2.41 bits per heavy atom. The lowest BCUT2D eigenvalue weighted by Crippen LogP contribution is -2.30. The van der Waals surface area contributed by atoms with E-state index >= 15 is 0 Å². The van der Waals surface area contributed by atoms with Gasteiger partial charge in [0.05, 0.1) is 29.7 Å². The van der Waals surface area contributed by atoms with Gasteiger partial charge in [-0.05, 0) is 67.1 Å². The van der Waals surface area contributed by atoms with E-state index in [1.165, 1.54) is 30.2 Å². The van der Waals surface area contributed by atoms with Gasteiger partial charge in [0.2, 0.25) is 5.91 Å². The number of hydrogen-bond acceptors (Lipinski definition) is 8. The van der Waals surface area contributed by atoms with Crippen LogP contribution in [0.3, 0.4) is 0 Å². The van der Waals surface area contributed by atoms with E-state index in [0.717, 1.165) is 15.1 Å². The second-order valence-electron chi connectivity index (χ2n) is 9.96. The molecule has 1 aromatic heterocycles. The molecular weight excluding hydrogens is 621 g/mol. The number of carbonyl (C=O) groups excluding carboxylic acids is 3. The summed E-state index contributed by atoms with van der Waals surface area (Å²) < 4.78 is 11.8. The number of thiazole rings is 1. The molecule has 0 bridgehead atoms. The molecule has 0 aliphatic heterocycles. The number of hydrogen-bond donors (Lipinski definition) is 3. The number of nitrogens with one attached hydrogen (secondary N) is 3. The van der Waals surface area contributed by atoms with Gasteiger partial charge in [-0.3, -0.25) is 14.4 Å². The Kier molecular flexibility index (Phi) is 10.7. The number of para-hydroxylation sites is 1. The molecule has 3 amide bonds. The monoisotopic (exact) mass is 652 g/mol. The van der Waals surface area contributed by atoms with Crippen LogP contribution in [0.2, 0.25) is 0 Å². The Balaban J connectivity index is 1.34. The van der Waals surface area contributed by atoms with Crippen LogP contribution >= 0.6 is 23.1 Å². The van der Waals surface area contributed by atoms with Crippen molar-refractivity contribution < 1.29 is 23.9 Å². The summed E-state index contributed by atoms with van der Waals surface area (Å²) in [4.78, 5) is 45.2. The fraction of sp³-hybridized carbons (Fsp3) is 0.143. The van der Waals surface area contributed by atoms with Gasteiger partial charge >= 0.3 is 0 Å². The zero-order chi connectivity index (χ0) is 32.5. The maximum Gasteiger partial charge on any atom is 0.272 e. The molecule has 0 saturated carbocycles. The van der Waals surface area contributed by atoms with Crippen molar-refractivity contribution in [2.75, 3.05) is 24.9 Å². The van der Waals surface area contributed by atoms with Crippen LogP contribution < -0.4 is 25.4 Å². The predicted molar refractivity (Wildman–Crippen MR) is 185 cm³/mol. The molecule has 5 rings (SSSR count). The van der Waals surface area contributed by atoms with E-state index in [4.69, 9.17) is 9.47 Å². The van der Waals surface area contributed by atoms with Crippen LogP contribution in [0.1, 0.15) is 29.3 Å². The maximum atomic E-state index is 13.6. The average molecular weight is 653 g/mol. The molecule has 0 aliphatic rings. The second-order valence-corrected chi connectivity index (χ2v) is 12.3. The standard InChI is InChI=1S/C35H32N4O5S2/c1-4-30(34(42)39-35-38-27-15-8-9-16-31(27)46-35)45-26-14-10-13-24(20-26)36-33(41)28(37-32(40)22-11-6-5-7-12-22)19-23-17-18-25(43-2)21-29(23)44-3/h5-21,30H,4H2,1-3H3,(H,36,41)(H,37,40)(H,38,39,42)/b28-19+. The van der Waals surface area contributed by atoms with E-state index in [2.05, 4.69) is 20.9 Å². The van der Waals surface area contributed by atoms with Crippen molar-refractivity contribution in [2.45, 2.75) is 23.5 Å². The van der Waals surface area contributed by atoms with E-state index in [-0.39, 0.29) is 16.9 Å². The van der Waals surface area contributed by atoms with Gasteiger partial charge in [-0.25, -0.2) is 4.98 Å². The van der Waals surface area contributed by atoms with Crippen molar-refractivity contribution in [1.82, 2.24) is 10.3 Å². The first-order chi connectivity index (χ1) is 22.4. The summed E-state index contributed by atoms with van der Waals surface area (Å²) in [5, 5.41) is 8.74. The van der Waals surface area contributed by atoms with Gasteiger partial charge in [-0.1, -0.05) is 54.7 Å². The molecule has 1 atom stereocenters. The second kappa shape index (κ2) is 15.2. The first-order valence-corrected chi connectivity index (χ1v) is 16.1. The van der Waals surface area contributed by atoms with Crippen LogP contribution in [0.15, 0.2) is 108 Å². The van der Waals surface area contributed by atoms with Gasteiger partial charge in [0, 0.05) is 27.8 Å². The number of fused-ring (bicyclic) bond motifs is 1. The minimum absolute atomic E-state index is 0.0111. The lowest BCUT2D eigenvalue weighted by Gasteiger charge is -2.15. The lowest BCUT2D eigenvalue weighted by atomic mass is 10.1. The highest BCUT2D eigenvalue weighted by Gasteiger charge is 2.21. The zero-order valence-corrected chi connectivity index (χ0v) is 27.0. The van der Waals surface area contributed by atoms with Gasteiger partial charge in [-0.15, -0.1) is 11.8 Å². The number of anilines is 2. The van der Waals surface area contributed by atoms with Crippen molar-refractivity contribution in [2.24, 2.45) is 0 Å². The topological polar surface area (TPSA) is 119 Å². The van der Waals surface area contributed by atoms with E-state index in [0.29, 0.717) is 39.9 Å². The summed E-state index contributed by atoms with van der Waals surface area (Å²) in [6, 6.07) is 28.7. The van der Waals surface area contributed by atoms with Crippen molar-refractivity contribution >= 4 is 67.9 Å². The van der Waals surface area contributed by atoms with E-state index in [1.54, 1.807) is 79.9 Å². The zero-order valence-electron chi connectivity index (χ0n) is 25.4. The van der Waals surface area contributed by atoms with Crippen molar-refractivity contribution in [3.63, 3.8) is 0 Å². The van der Waals surface area contributed by atoms with E-state index < -0.39 is 11.8 Å². The lowest BCUT2D eigenvalue weighted by molar-refractivity contribution is -0.116. The molecule has 1 unspecified atom stereocenters. The molecule has 0 aliphatic carbocycles. The van der Waals surface area contributed by atoms with Crippen LogP contribution in [0.4, 0.5) is 10.8 Å². The first kappa shape index (κ1) is 32.3. The number of methoxy groups -OCH3 is 2. The van der Waals surface area contributed by atoms with Gasteiger partial charge in [-0.2, -0.15) is 0 Å². The highest BCUT2D eigenvalue weighted by molar-refractivity contribution is 8.00. The molecule has 0 fully saturated rings. The number of rotatable bonds is 12. The van der Waals surface area contributed by atoms with E-state index in [1.807, 2.05) is 37.3 Å². The summed E-state index contributed by atoms with van der Waals surface area (Å²) >= 11 is 2.82. The first-order valence-electron chi connectivity index (χ1n) is 14.4. The Labute approximate surface area is 275 Å². The Morgan fingerprint density at radius 2 is 1.67 bits per heavy atom. The molecule has 11 heteroatoms. The predicted octanol–water partition coefficient (Wildman–Crippen LogP) is 7.23. The fourth-order valence-corrected chi connectivity index (χ4v) is 6.36. The van der Waals surface area contributed by atoms with Crippen LogP contribution in [-0.4, -0.2) is 42.2 Å². The summed E-state index contributed by atoms with van der Waals surface area (Å²) in [6.07, 6.45) is 2.13. The van der Waals surface area contributed by atoms with Crippen LogP contribution in [0.5, 0.6) is 11.5 Å². The van der Waals surface area contributed by atoms with Gasteiger partial charge < -0.3 is 25.4 Å². The summed E-state index contributed by atoms with van der Waals surface area (Å²) in [6.45, 7) is 1.95. The van der Waals surface area contributed by atoms with Crippen molar-refractivity contribution in [3.8, 4) is 11.5 Å². The highest BCUT2D eigenvalue weighted by atomic mass is 32.2. The molecule has 0 saturated heterocycles. The minimum atomic E-state index is -0.537. The largest absolute Gasteiger partial charge is 0.497 e. The molecular formula is C35H32N4O5S2. The van der Waals surface area contributed by atoms with Gasteiger partial charge in [0.25, 0.3) is 11.8 Å². The average Bonchev–Trinajstić information content (AvgIpc) is 3.49. The molecule has 0 spiro atoms. The van der Waals surface area contributed by atoms with Crippen molar-refractivity contribution in [1.29, 1.82) is 0 Å². The number of ether oxygens (including phenoxy) is 2. The normalized spacial score (nSPS) is 11.8. The number of aromatic nitrogens is 1. The van der Waals surface area contributed by atoms with E-state index in [9.17, 15) is 14.4 Å². The summed E-state index contributed by atoms with van der Waals surface area (Å²) in [5.41, 5.74) is 2.31.